The topological polar surface area (TPSA) is 58.8 Å². The van der Waals surface area contributed by atoms with Crippen LogP contribution in [-0.4, -0.2) is 48.3 Å². The number of nitrogens with zero attached hydrogens (tertiary/aromatic N) is 3. The van der Waals surface area contributed by atoms with E-state index in [-0.39, 0.29) is 12.0 Å². The Balaban J connectivity index is 1.52. The second-order valence-electron chi connectivity index (χ2n) is 8.71. The molecular weight excluding hydrogens is 421 g/mol. The normalized spacial score (nSPS) is 18.1. The zero-order valence-electron chi connectivity index (χ0n) is 18.6. The van der Waals surface area contributed by atoms with Crippen molar-refractivity contribution in [3.63, 3.8) is 0 Å². The van der Waals surface area contributed by atoms with Gasteiger partial charge >= 0.3 is 0 Å². The second kappa shape index (κ2) is 9.75. The Morgan fingerprint density at radius 2 is 1.91 bits per heavy atom. The number of ether oxygens (including phenoxy) is 1. The highest BCUT2D eigenvalue weighted by molar-refractivity contribution is 5.94. The molecule has 0 unspecified atom stereocenters. The minimum atomic E-state index is -0.425. The second-order valence-corrected chi connectivity index (χ2v) is 8.71. The number of anilines is 1. The van der Waals surface area contributed by atoms with E-state index >= 15 is 0 Å². The largest absolute Gasteiger partial charge is 0.376 e. The Bertz CT molecular complexity index is 1090. The molecule has 6 nitrogen and oxygen atoms in total. The molecule has 0 N–H and O–H groups in total. The zero-order chi connectivity index (χ0) is 22.6. The Kier molecular flexibility index (Phi) is 6.39. The number of amides is 1. The van der Waals surface area contributed by atoms with Crippen LogP contribution in [0.2, 0.25) is 0 Å². The third-order valence-corrected chi connectivity index (χ3v) is 6.36. The van der Waals surface area contributed by atoms with E-state index in [1.165, 1.54) is 12.1 Å². The molecule has 172 valence electrons. The SMILES string of the molecule is O=C(c1cccc(F)c1)N(Cc1c(-c2ccccc2)noc1N1CCCC1)C[C@@H]1CCCO1. The van der Waals surface area contributed by atoms with Gasteiger partial charge in [-0.1, -0.05) is 41.6 Å². The number of hydrogen-bond acceptors (Lipinski definition) is 5. The van der Waals surface area contributed by atoms with E-state index in [1.54, 1.807) is 17.0 Å². The molecule has 5 rings (SSSR count). The number of rotatable bonds is 7. The molecule has 2 fully saturated rings. The number of hydrogen-bond donors (Lipinski definition) is 0. The molecule has 0 aliphatic carbocycles. The highest BCUT2D eigenvalue weighted by Gasteiger charge is 2.30. The third kappa shape index (κ3) is 4.78. The Morgan fingerprint density at radius 3 is 2.64 bits per heavy atom. The summed E-state index contributed by atoms with van der Waals surface area (Å²) in [7, 11) is 0. The van der Waals surface area contributed by atoms with E-state index in [1.807, 2.05) is 30.3 Å². The van der Waals surface area contributed by atoms with Gasteiger partial charge in [0.15, 0.2) is 0 Å². The first-order chi connectivity index (χ1) is 16.2. The van der Waals surface area contributed by atoms with Crippen LogP contribution in [-0.2, 0) is 11.3 Å². The summed E-state index contributed by atoms with van der Waals surface area (Å²) in [6.07, 6.45) is 4.05. The summed E-state index contributed by atoms with van der Waals surface area (Å²) in [5.74, 6) is 0.0685. The van der Waals surface area contributed by atoms with Gasteiger partial charge in [-0.05, 0) is 43.9 Å². The van der Waals surface area contributed by atoms with Crippen molar-refractivity contribution in [2.45, 2.75) is 38.3 Å². The number of carbonyl (C=O) groups is 1. The first-order valence-electron chi connectivity index (χ1n) is 11.6. The van der Waals surface area contributed by atoms with Gasteiger partial charge in [0.1, 0.15) is 11.5 Å². The van der Waals surface area contributed by atoms with Crippen LogP contribution in [0.1, 0.15) is 41.6 Å². The molecule has 7 heteroatoms. The molecule has 1 aromatic heterocycles. The molecule has 0 bridgehead atoms. The van der Waals surface area contributed by atoms with Gasteiger partial charge in [0.05, 0.1) is 18.2 Å². The number of halogens is 1. The lowest BCUT2D eigenvalue weighted by Crippen LogP contribution is -2.37. The predicted molar refractivity (Wildman–Crippen MR) is 124 cm³/mol. The van der Waals surface area contributed by atoms with Crippen molar-refractivity contribution in [3.05, 3.63) is 71.5 Å². The van der Waals surface area contributed by atoms with Crippen LogP contribution in [0.4, 0.5) is 10.3 Å². The van der Waals surface area contributed by atoms with Crippen molar-refractivity contribution in [1.82, 2.24) is 10.1 Å². The van der Waals surface area contributed by atoms with Crippen LogP contribution in [0, 0.1) is 5.82 Å². The van der Waals surface area contributed by atoms with E-state index in [4.69, 9.17) is 9.26 Å². The van der Waals surface area contributed by atoms with Gasteiger partial charge in [0.25, 0.3) is 5.91 Å². The standard InChI is InChI=1S/C26H28FN3O3/c27-21-11-6-10-20(16-21)25(31)30(17-22-12-7-15-32-22)18-23-24(19-8-2-1-3-9-19)28-33-26(23)29-13-4-5-14-29/h1-3,6,8-11,16,22H,4-5,7,12-15,17-18H2/t22-/m0/s1. The molecule has 2 saturated heterocycles. The van der Waals surface area contributed by atoms with Gasteiger partial charge in [-0.25, -0.2) is 4.39 Å². The quantitative estimate of drug-likeness (QED) is 0.513. The van der Waals surface area contributed by atoms with Crippen molar-refractivity contribution < 1.29 is 18.4 Å². The van der Waals surface area contributed by atoms with Gasteiger partial charge in [-0.3, -0.25) is 4.79 Å². The van der Waals surface area contributed by atoms with Crippen molar-refractivity contribution in [1.29, 1.82) is 0 Å². The number of benzene rings is 2. The highest BCUT2D eigenvalue weighted by atomic mass is 19.1. The summed E-state index contributed by atoms with van der Waals surface area (Å²) < 4.78 is 25.6. The zero-order valence-corrected chi connectivity index (χ0v) is 18.6. The summed E-state index contributed by atoms with van der Waals surface area (Å²) in [4.78, 5) is 17.5. The minimum absolute atomic E-state index is 0.0298. The average Bonchev–Trinajstić information content (AvgIpc) is 3.61. The molecule has 1 atom stereocenters. The highest BCUT2D eigenvalue weighted by Crippen LogP contribution is 2.34. The van der Waals surface area contributed by atoms with Gasteiger partial charge in [-0.2, -0.15) is 0 Å². The van der Waals surface area contributed by atoms with Crippen molar-refractivity contribution in [2.75, 3.05) is 31.1 Å². The van der Waals surface area contributed by atoms with Crippen molar-refractivity contribution >= 4 is 11.8 Å². The van der Waals surface area contributed by atoms with Gasteiger partial charge < -0.3 is 19.1 Å². The Hall–Kier alpha value is -3.19. The fraction of sp³-hybridized carbons (Fsp3) is 0.385. The smallest absolute Gasteiger partial charge is 0.254 e. The maximum atomic E-state index is 13.9. The van der Waals surface area contributed by atoms with Crippen LogP contribution in [0.3, 0.4) is 0 Å². The van der Waals surface area contributed by atoms with Crippen LogP contribution in [0.5, 0.6) is 0 Å². The Morgan fingerprint density at radius 1 is 1.09 bits per heavy atom. The fourth-order valence-electron chi connectivity index (χ4n) is 4.68. The molecule has 3 aromatic rings. The van der Waals surface area contributed by atoms with Crippen LogP contribution >= 0.6 is 0 Å². The van der Waals surface area contributed by atoms with Crippen LogP contribution in [0.25, 0.3) is 11.3 Å². The van der Waals surface area contributed by atoms with Crippen molar-refractivity contribution in [3.8, 4) is 11.3 Å². The van der Waals surface area contributed by atoms with Crippen molar-refractivity contribution in [2.24, 2.45) is 0 Å². The van der Waals surface area contributed by atoms with Crippen LogP contribution in [0.15, 0.2) is 59.1 Å². The first-order valence-corrected chi connectivity index (χ1v) is 11.6. The lowest BCUT2D eigenvalue weighted by atomic mass is 10.1. The summed E-state index contributed by atoms with van der Waals surface area (Å²) >= 11 is 0. The summed E-state index contributed by atoms with van der Waals surface area (Å²) in [6, 6.07) is 15.7. The van der Waals surface area contributed by atoms with E-state index in [0.717, 1.165) is 61.5 Å². The number of aromatic nitrogens is 1. The number of carbonyl (C=O) groups excluding carboxylic acids is 1. The average molecular weight is 450 g/mol. The molecule has 2 aromatic carbocycles. The molecule has 0 radical (unpaired) electrons. The lowest BCUT2D eigenvalue weighted by Gasteiger charge is -2.27. The lowest BCUT2D eigenvalue weighted by molar-refractivity contribution is 0.0507. The van der Waals surface area contributed by atoms with Crippen LogP contribution < -0.4 is 4.90 Å². The van der Waals surface area contributed by atoms with Gasteiger partial charge in [0.2, 0.25) is 5.88 Å². The molecule has 2 aliphatic rings. The summed E-state index contributed by atoms with van der Waals surface area (Å²) in [5.41, 5.74) is 2.89. The van der Waals surface area contributed by atoms with E-state index in [2.05, 4.69) is 10.1 Å². The molecule has 33 heavy (non-hydrogen) atoms. The maximum Gasteiger partial charge on any atom is 0.254 e. The third-order valence-electron chi connectivity index (χ3n) is 6.36. The Labute approximate surface area is 192 Å². The molecular formula is C26H28FN3O3. The summed E-state index contributed by atoms with van der Waals surface area (Å²) in [6.45, 7) is 3.26. The molecule has 3 heterocycles. The van der Waals surface area contributed by atoms with E-state index in [9.17, 15) is 9.18 Å². The predicted octanol–water partition coefficient (Wildman–Crippen LogP) is 4.90. The van der Waals surface area contributed by atoms with Gasteiger partial charge in [-0.15, -0.1) is 0 Å². The summed E-state index contributed by atoms with van der Waals surface area (Å²) in [5, 5.41) is 4.42. The van der Waals surface area contributed by atoms with Gasteiger partial charge in [0, 0.05) is 37.4 Å². The maximum absolute atomic E-state index is 13.9. The van der Waals surface area contributed by atoms with E-state index < -0.39 is 5.82 Å². The monoisotopic (exact) mass is 449 g/mol. The molecule has 0 spiro atoms. The first kappa shape index (κ1) is 21.6. The van der Waals surface area contributed by atoms with E-state index in [0.29, 0.717) is 25.3 Å². The molecule has 2 aliphatic heterocycles. The molecule has 0 saturated carbocycles. The minimum Gasteiger partial charge on any atom is -0.376 e. The fourth-order valence-corrected chi connectivity index (χ4v) is 4.68. The molecule has 1 amide bonds.